The molecule has 0 aliphatic carbocycles. The van der Waals surface area contributed by atoms with Gasteiger partial charge in [-0.3, -0.25) is 9.78 Å². The molecule has 1 fully saturated rings. The summed E-state index contributed by atoms with van der Waals surface area (Å²) in [6.07, 6.45) is 2.88. The van der Waals surface area contributed by atoms with Crippen molar-refractivity contribution in [1.29, 1.82) is 0 Å². The van der Waals surface area contributed by atoms with Crippen LogP contribution in [-0.4, -0.2) is 42.9 Å². The highest BCUT2D eigenvalue weighted by Gasteiger charge is 2.30. The van der Waals surface area contributed by atoms with Crippen molar-refractivity contribution < 1.29 is 14.3 Å². The molecule has 0 saturated carbocycles. The number of nitrogens with one attached hydrogen (secondary N) is 1. The monoisotopic (exact) mass is 270 g/mol. The van der Waals surface area contributed by atoms with Crippen LogP contribution in [0.2, 0.25) is 5.02 Å². The lowest BCUT2D eigenvalue weighted by Crippen LogP contribution is -2.43. The predicted octanol–water partition coefficient (Wildman–Crippen LogP) is 1.27. The number of carbonyl (C=O) groups is 1. The molecule has 98 valence electrons. The van der Waals surface area contributed by atoms with Crippen LogP contribution in [-0.2, 0) is 9.47 Å². The van der Waals surface area contributed by atoms with Crippen LogP contribution in [0.4, 0.5) is 0 Å². The summed E-state index contributed by atoms with van der Waals surface area (Å²) < 4.78 is 10.8. The van der Waals surface area contributed by atoms with Crippen molar-refractivity contribution in [1.82, 2.24) is 10.3 Å². The summed E-state index contributed by atoms with van der Waals surface area (Å²) in [5, 5.41) is 3.20. The van der Waals surface area contributed by atoms with Crippen molar-refractivity contribution in [3.63, 3.8) is 0 Å². The van der Waals surface area contributed by atoms with Gasteiger partial charge in [-0.2, -0.15) is 0 Å². The van der Waals surface area contributed by atoms with Crippen LogP contribution in [0.3, 0.4) is 0 Å². The van der Waals surface area contributed by atoms with E-state index in [1.807, 2.05) is 6.92 Å². The number of halogens is 1. The van der Waals surface area contributed by atoms with E-state index in [4.69, 9.17) is 21.1 Å². The second-order valence-electron chi connectivity index (χ2n) is 3.97. The Morgan fingerprint density at radius 3 is 3.22 bits per heavy atom. The van der Waals surface area contributed by atoms with Crippen molar-refractivity contribution in [2.45, 2.75) is 19.1 Å². The molecule has 0 spiro atoms. The normalized spacial score (nSPS) is 23.0. The molecule has 0 aromatic carbocycles. The van der Waals surface area contributed by atoms with E-state index < -0.39 is 0 Å². The van der Waals surface area contributed by atoms with Crippen molar-refractivity contribution in [3.05, 3.63) is 29.0 Å². The Morgan fingerprint density at radius 1 is 1.67 bits per heavy atom. The van der Waals surface area contributed by atoms with Crippen molar-refractivity contribution in [2.24, 2.45) is 0 Å². The molecule has 2 rings (SSSR count). The number of aromatic nitrogens is 1. The molecular formula is C12H15ClN2O3. The van der Waals surface area contributed by atoms with Crippen molar-refractivity contribution in [3.8, 4) is 0 Å². The predicted molar refractivity (Wildman–Crippen MR) is 66.7 cm³/mol. The first-order valence-electron chi connectivity index (χ1n) is 5.82. The van der Waals surface area contributed by atoms with Crippen LogP contribution in [0.5, 0.6) is 0 Å². The van der Waals surface area contributed by atoms with Crippen LogP contribution < -0.4 is 5.32 Å². The van der Waals surface area contributed by atoms with Gasteiger partial charge in [-0.1, -0.05) is 11.6 Å². The zero-order valence-electron chi connectivity index (χ0n) is 10.1. The number of hydrogen-bond donors (Lipinski definition) is 1. The highest BCUT2D eigenvalue weighted by atomic mass is 35.5. The second-order valence-corrected chi connectivity index (χ2v) is 4.37. The van der Waals surface area contributed by atoms with E-state index in [0.29, 0.717) is 30.4 Å². The summed E-state index contributed by atoms with van der Waals surface area (Å²) in [6, 6.07) is 1.45. The number of rotatable bonds is 4. The first kappa shape index (κ1) is 13.3. The summed E-state index contributed by atoms with van der Waals surface area (Å²) in [4.78, 5) is 15.9. The molecule has 1 N–H and O–H groups in total. The first-order valence-corrected chi connectivity index (χ1v) is 6.20. The third kappa shape index (κ3) is 2.98. The van der Waals surface area contributed by atoms with E-state index in [9.17, 15) is 4.79 Å². The first-order chi connectivity index (χ1) is 8.72. The molecule has 2 heterocycles. The standard InChI is InChI=1S/C12H15ClN2O3/c1-2-18-11-7-17-6-10(11)15-12(16)8-3-4-14-5-9(8)13/h3-5,10-11H,2,6-7H2,1H3,(H,15,16)/t10-,11-/m0/s1. The average molecular weight is 271 g/mol. The highest BCUT2D eigenvalue weighted by Crippen LogP contribution is 2.15. The topological polar surface area (TPSA) is 60.5 Å². The Kier molecular flexibility index (Phi) is 4.52. The van der Waals surface area contributed by atoms with Crippen molar-refractivity contribution in [2.75, 3.05) is 19.8 Å². The maximum Gasteiger partial charge on any atom is 0.253 e. The zero-order valence-corrected chi connectivity index (χ0v) is 10.8. The zero-order chi connectivity index (χ0) is 13.0. The molecular weight excluding hydrogens is 256 g/mol. The van der Waals surface area contributed by atoms with Gasteiger partial charge < -0.3 is 14.8 Å². The summed E-state index contributed by atoms with van der Waals surface area (Å²) in [7, 11) is 0. The number of nitrogens with zero attached hydrogens (tertiary/aromatic N) is 1. The van der Waals surface area contributed by atoms with Crippen molar-refractivity contribution >= 4 is 17.5 Å². The molecule has 18 heavy (non-hydrogen) atoms. The minimum atomic E-state index is -0.234. The van der Waals surface area contributed by atoms with E-state index in [-0.39, 0.29) is 18.1 Å². The Balaban J connectivity index is 2.01. The Bertz CT molecular complexity index is 428. The van der Waals surface area contributed by atoms with E-state index in [1.54, 1.807) is 6.07 Å². The molecule has 1 aromatic heterocycles. The van der Waals surface area contributed by atoms with Crippen LogP contribution in [0.1, 0.15) is 17.3 Å². The number of ether oxygens (including phenoxy) is 2. The molecule has 1 saturated heterocycles. The summed E-state index contributed by atoms with van der Waals surface area (Å²) in [5.74, 6) is -0.234. The third-order valence-corrected chi connectivity index (χ3v) is 3.04. The maximum absolute atomic E-state index is 12.0. The molecule has 1 aliphatic heterocycles. The van der Waals surface area contributed by atoms with E-state index >= 15 is 0 Å². The number of amides is 1. The van der Waals surface area contributed by atoms with Gasteiger partial charge in [0.05, 0.1) is 29.8 Å². The number of carbonyl (C=O) groups excluding carboxylic acids is 1. The Labute approximate surface area is 110 Å². The van der Waals surface area contributed by atoms with E-state index in [1.165, 1.54) is 12.4 Å². The van der Waals surface area contributed by atoms with Gasteiger partial charge in [0.25, 0.3) is 5.91 Å². The molecule has 1 amide bonds. The minimum absolute atomic E-state index is 0.0976. The summed E-state index contributed by atoms with van der Waals surface area (Å²) in [5.41, 5.74) is 0.411. The van der Waals surface area contributed by atoms with Crippen LogP contribution in [0, 0.1) is 0 Å². The average Bonchev–Trinajstić information content (AvgIpc) is 2.78. The smallest absolute Gasteiger partial charge is 0.253 e. The fraction of sp³-hybridized carbons (Fsp3) is 0.500. The second kappa shape index (κ2) is 6.13. The molecule has 5 nitrogen and oxygen atoms in total. The summed E-state index contributed by atoms with van der Waals surface area (Å²) >= 11 is 5.92. The van der Waals surface area contributed by atoms with Crippen LogP contribution >= 0.6 is 11.6 Å². The fourth-order valence-electron chi connectivity index (χ4n) is 1.85. The van der Waals surface area contributed by atoms with Gasteiger partial charge in [0.1, 0.15) is 6.10 Å². The fourth-order valence-corrected chi connectivity index (χ4v) is 2.06. The summed E-state index contributed by atoms with van der Waals surface area (Å²) in [6.45, 7) is 3.47. The van der Waals surface area contributed by atoms with Gasteiger partial charge in [-0.05, 0) is 13.0 Å². The lowest BCUT2D eigenvalue weighted by atomic mass is 10.2. The van der Waals surface area contributed by atoms with Gasteiger partial charge >= 0.3 is 0 Å². The van der Waals surface area contributed by atoms with Gasteiger partial charge in [-0.15, -0.1) is 0 Å². The molecule has 0 bridgehead atoms. The number of hydrogen-bond acceptors (Lipinski definition) is 4. The minimum Gasteiger partial charge on any atom is -0.376 e. The molecule has 2 atom stereocenters. The largest absolute Gasteiger partial charge is 0.376 e. The molecule has 1 aromatic rings. The van der Waals surface area contributed by atoms with Crippen LogP contribution in [0.15, 0.2) is 18.5 Å². The van der Waals surface area contributed by atoms with Gasteiger partial charge in [-0.25, -0.2) is 0 Å². The van der Waals surface area contributed by atoms with Gasteiger partial charge in [0, 0.05) is 19.0 Å². The molecule has 1 aliphatic rings. The van der Waals surface area contributed by atoms with Crippen LogP contribution in [0.25, 0.3) is 0 Å². The highest BCUT2D eigenvalue weighted by molar-refractivity contribution is 6.33. The third-order valence-electron chi connectivity index (χ3n) is 2.74. The van der Waals surface area contributed by atoms with Gasteiger partial charge in [0.2, 0.25) is 0 Å². The lowest BCUT2D eigenvalue weighted by molar-refractivity contribution is 0.0402. The lowest BCUT2D eigenvalue weighted by Gasteiger charge is -2.19. The van der Waals surface area contributed by atoms with E-state index in [2.05, 4.69) is 10.3 Å². The molecule has 0 radical (unpaired) electrons. The van der Waals surface area contributed by atoms with E-state index in [0.717, 1.165) is 0 Å². The maximum atomic E-state index is 12.0. The quantitative estimate of drug-likeness (QED) is 0.895. The Hall–Kier alpha value is -1.17. The number of pyridine rings is 1. The molecule has 0 unspecified atom stereocenters. The SMILES string of the molecule is CCO[C@H]1COC[C@@H]1NC(=O)c1ccncc1Cl. The van der Waals surface area contributed by atoms with Gasteiger partial charge in [0.15, 0.2) is 0 Å². The molecule has 6 heteroatoms. The Morgan fingerprint density at radius 2 is 2.50 bits per heavy atom.